The van der Waals surface area contributed by atoms with Crippen molar-refractivity contribution in [3.05, 3.63) is 72.3 Å². The number of hydrogen-bond donors (Lipinski definition) is 2. The van der Waals surface area contributed by atoms with Crippen LogP contribution in [-0.2, 0) is 22.1 Å². The van der Waals surface area contributed by atoms with Gasteiger partial charge in [-0.25, -0.2) is 4.98 Å². The van der Waals surface area contributed by atoms with Crippen molar-refractivity contribution in [3.63, 3.8) is 0 Å². The highest BCUT2D eigenvalue weighted by Crippen LogP contribution is 2.29. The molecule has 3 rings (SSSR count). The van der Waals surface area contributed by atoms with Gasteiger partial charge in [-0.3, -0.25) is 0 Å². The Morgan fingerprint density at radius 3 is 2.66 bits per heavy atom. The Balaban J connectivity index is 1.45. The minimum absolute atomic E-state index is 0.241. The molecule has 7 nitrogen and oxygen atoms in total. The van der Waals surface area contributed by atoms with Gasteiger partial charge in [0.1, 0.15) is 18.1 Å². The van der Waals surface area contributed by atoms with Crippen LogP contribution in [0.1, 0.15) is 36.9 Å². The molecule has 8 heteroatoms. The Morgan fingerprint density at radius 2 is 1.88 bits per heavy atom. The van der Waals surface area contributed by atoms with Gasteiger partial charge in [-0.1, -0.05) is 30.3 Å². The normalized spacial score (nSPS) is 11.5. The van der Waals surface area contributed by atoms with Gasteiger partial charge in [0, 0.05) is 16.7 Å². The largest absolute Gasteiger partial charge is 0.694 e. The Bertz CT molecular complexity index is 935. The summed E-state index contributed by atoms with van der Waals surface area (Å²) in [5, 5.41) is 3.26. The Labute approximate surface area is 189 Å². The van der Waals surface area contributed by atoms with E-state index < -0.39 is 8.25 Å². The molecule has 2 heterocycles. The van der Waals surface area contributed by atoms with Crippen molar-refractivity contribution in [2.45, 2.75) is 38.6 Å². The number of hydrogen-bond acceptors (Lipinski definition) is 6. The smallest absolute Gasteiger partial charge is 0.491 e. The monoisotopic (exact) mass is 457 g/mol. The summed E-state index contributed by atoms with van der Waals surface area (Å²) in [4.78, 5) is 13.4. The number of nitrogens with zero attached hydrogens (tertiary/aromatic N) is 1. The number of aromatic nitrogens is 1. The summed E-state index contributed by atoms with van der Waals surface area (Å²) in [7, 11) is -2.53. The highest BCUT2D eigenvalue weighted by atomic mass is 31.1. The standard InChI is InChI=1S/C24H29N2O5P/c27-32(28)31-16-7-14-25-18-22-11-12-23(24(26-22)21-13-17-29-19-21)30-15-6-2-5-10-20-8-3-1-4-9-20/h1,3-4,8-9,11-13,17,19,25H,2,5-7,10,14-16,18H2/p+1. The van der Waals surface area contributed by atoms with Gasteiger partial charge in [0.25, 0.3) is 0 Å². The van der Waals surface area contributed by atoms with Gasteiger partial charge in [0.15, 0.2) is 0 Å². The lowest BCUT2D eigenvalue weighted by molar-refractivity contribution is 0.276. The maximum atomic E-state index is 10.5. The third kappa shape index (κ3) is 8.52. The average molecular weight is 457 g/mol. The van der Waals surface area contributed by atoms with E-state index in [1.165, 1.54) is 5.56 Å². The minimum Gasteiger partial charge on any atom is -0.491 e. The average Bonchev–Trinajstić information content (AvgIpc) is 3.34. The van der Waals surface area contributed by atoms with Gasteiger partial charge in [0.05, 0.1) is 24.8 Å². The van der Waals surface area contributed by atoms with Crippen LogP contribution in [0.5, 0.6) is 5.75 Å². The van der Waals surface area contributed by atoms with Crippen LogP contribution in [0.4, 0.5) is 0 Å². The van der Waals surface area contributed by atoms with Crippen LogP contribution < -0.4 is 10.1 Å². The minimum atomic E-state index is -2.53. The predicted octanol–water partition coefficient (Wildman–Crippen LogP) is 5.28. The number of pyridine rings is 1. The van der Waals surface area contributed by atoms with E-state index in [0.717, 1.165) is 48.4 Å². The number of unbranched alkanes of at least 4 members (excludes halogenated alkanes) is 2. The molecule has 0 bridgehead atoms. The van der Waals surface area contributed by atoms with E-state index in [0.29, 0.717) is 26.1 Å². The summed E-state index contributed by atoms with van der Waals surface area (Å²) in [6, 6.07) is 16.3. The van der Waals surface area contributed by atoms with Crippen molar-refractivity contribution in [1.29, 1.82) is 0 Å². The summed E-state index contributed by atoms with van der Waals surface area (Å²) in [6.45, 7) is 2.12. The molecule has 0 aliphatic carbocycles. The van der Waals surface area contributed by atoms with Crippen molar-refractivity contribution >= 4 is 8.25 Å². The molecule has 0 aliphatic rings. The third-order valence-electron chi connectivity index (χ3n) is 4.93. The van der Waals surface area contributed by atoms with E-state index in [1.54, 1.807) is 12.5 Å². The molecular formula is C24H30N2O5P+. The van der Waals surface area contributed by atoms with E-state index >= 15 is 0 Å². The van der Waals surface area contributed by atoms with Crippen molar-refractivity contribution in [2.75, 3.05) is 19.8 Å². The Morgan fingerprint density at radius 1 is 1.00 bits per heavy atom. The van der Waals surface area contributed by atoms with Crippen molar-refractivity contribution in [3.8, 4) is 17.0 Å². The molecule has 1 unspecified atom stereocenters. The fourth-order valence-corrected chi connectivity index (χ4v) is 3.58. The molecule has 2 N–H and O–H groups in total. The Hall–Kier alpha value is -2.57. The molecule has 0 amide bonds. The molecule has 3 aromatic rings. The molecule has 2 aromatic heterocycles. The summed E-state index contributed by atoms with van der Waals surface area (Å²) in [5.41, 5.74) is 3.90. The molecular weight excluding hydrogens is 427 g/mol. The van der Waals surface area contributed by atoms with Crippen LogP contribution in [-0.4, -0.2) is 29.6 Å². The zero-order chi connectivity index (χ0) is 22.4. The second-order valence-electron chi connectivity index (χ2n) is 7.41. The van der Waals surface area contributed by atoms with Crippen molar-refractivity contribution in [2.24, 2.45) is 0 Å². The zero-order valence-corrected chi connectivity index (χ0v) is 19.0. The van der Waals surface area contributed by atoms with Crippen LogP contribution >= 0.6 is 8.25 Å². The van der Waals surface area contributed by atoms with Gasteiger partial charge in [-0.15, -0.1) is 9.42 Å². The highest BCUT2D eigenvalue weighted by Gasteiger charge is 2.12. The first-order valence-electron chi connectivity index (χ1n) is 10.9. The lowest BCUT2D eigenvalue weighted by Gasteiger charge is -2.12. The van der Waals surface area contributed by atoms with E-state index in [9.17, 15) is 4.57 Å². The summed E-state index contributed by atoms with van der Waals surface area (Å²) < 4.78 is 26.4. The number of nitrogens with one attached hydrogen (secondary N) is 1. The van der Waals surface area contributed by atoms with Crippen LogP contribution in [0, 0.1) is 0 Å². The van der Waals surface area contributed by atoms with Crippen LogP contribution in [0.15, 0.2) is 65.5 Å². The second-order valence-corrected chi connectivity index (χ2v) is 8.14. The quantitative estimate of drug-likeness (QED) is 0.237. The molecule has 170 valence electrons. The SMILES string of the molecule is O=[P+](O)OCCCNCc1ccc(OCCCCCc2ccccc2)c(-c2ccoc2)n1. The lowest BCUT2D eigenvalue weighted by Crippen LogP contribution is -2.17. The van der Waals surface area contributed by atoms with Crippen molar-refractivity contribution in [1.82, 2.24) is 10.3 Å². The zero-order valence-electron chi connectivity index (χ0n) is 18.1. The Kier molecular flexibility index (Phi) is 10.4. The van der Waals surface area contributed by atoms with Crippen LogP contribution in [0.25, 0.3) is 11.3 Å². The topological polar surface area (TPSA) is 93.8 Å². The number of rotatable bonds is 15. The van der Waals surface area contributed by atoms with E-state index in [-0.39, 0.29) is 6.61 Å². The van der Waals surface area contributed by atoms with Crippen LogP contribution in [0.2, 0.25) is 0 Å². The first-order valence-corrected chi connectivity index (χ1v) is 12.0. The van der Waals surface area contributed by atoms with E-state index in [4.69, 9.17) is 19.0 Å². The number of benzene rings is 1. The summed E-state index contributed by atoms with van der Waals surface area (Å²) in [6.07, 6.45) is 8.27. The molecule has 0 aliphatic heterocycles. The fourth-order valence-electron chi connectivity index (χ4n) is 3.30. The van der Waals surface area contributed by atoms with Gasteiger partial charge in [-0.05, 0) is 62.4 Å². The summed E-state index contributed by atoms with van der Waals surface area (Å²) >= 11 is 0. The maximum absolute atomic E-state index is 10.5. The molecule has 0 saturated heterocycles. The second kappa shape index (κ2) is 13.8. The highest BCUT2D eigenvalue weighted by molar-refractivity contribution is 7.32. The fraction of sp³-hybridized carbons (Fsp3) is 0.375. The lowest BCUT2D eigenvalue weighted by atomic mass is 10.1. The molecule has 0 fully saturated rings. The first kappa shape index (κ1) is 24.1. The molecule has 0 saturated carbocycles. The number of ether oxygens (including phenoxy) is 1. The van der Waals surface area contributed by atoms with E-state index in [1.807, 2.05) is 24.3 Å². The summed E-state index contributed by atoms with van der Waals surface area (Å²) in [5.74, 6) is 0.748. The first-order chi connectivity index (χ1) is 15.7. The number of aryl methyl sites for hydroxylation is 1. The van der Waals surface area contributed by atoms with Gasteiger partial charge in [0.2, 0.25) is 0 Å². The third-order valence-corrected chi connectivity index (χ3v) is 5.33. The van der Waals surface area contributed by atoms with Gasteiger partial charge in [-0.2, -0.15) is 0 Å². The van der Waals surface area contributed by atoms with Gasteiger partial charge >= 0.3 is 8.25 Å². The van der Waals surface area contributed by atoms with Gasteiger partial charge < -0.3 is 14.5 Å². The molecule has 0 spiro atoms. The predicted molar refractivity (Wildman–Crippen MR) is 124 cm³/mol. The molecule has 1 aromatic carbocycles. The molecule has 32 heavy (non-hydrogen) atoms. The number of furan rings is 1. The van der Waals surface area contributed by atoms with E-state index in [2.05, 4.69) is 34.1 Å². The molecule has 1 atom stereocenters. The van der Waals surface area contributed by atoms with Crippen molar-refractivity contribution < 1.29 is 23.1 Å². The van der Waals surface area contributed by atoms with Crippen LogP contribution in [0.3, 0.4) is 0 Å². The molecule has 0 radical (unpaired) electrons. The maximum Gasteiger partial charge on any atom is 0.694 e.